The molecule has 0 bridgehead atoms. The first-order valence-electron chi connectivity index (χ1n) is 8.75. The third-order valence-corrected chi connectivity index (χ3v) is 5.01. The molecule has 1 aliphatic heterocycles. The number of hydrogen-bond donors (Lipinski definition) is 0. The Labute approximate surface area is 143 Å². The van der Waals surface area contributed by atoms with E-state index in [2.05, 4.69) is 11.0 Å². The van der Waals surface area contributed by atoms with Crippen LogP contribution in [-0.4, -0.2) is 42.4 Å². The molecule has 0 N–H and O–H groups in total. The second-order valence-corrected chi connectivity index (χ2v) is 6.98. The second kappa shape index (κ2) is 6.89. The van der Waals surface area contributed by atoms with Crippen molar-refractivity contribution >= 4 is 17.3 Å². The van der Waals surface area contributed by atoms with Crippen LogP contribution in [0.3, 0.4) is 0 Å². The summed E-state index contributed by atoms with van der Waals surface area (Å²) >= 11 is 0. The van der Waals surface area contributed by atoms with Gasteiger partial charge >= 0.3 is 5.97 Å². The van der Waals surface area contributed by atoms with Crippen LogP contribution in [0.2, 0.25) is 0 Å². The summed E-state index contributed by atoms with van der Waals surface area (Å²) in [6, 6.07) is 9.57. The van der Waals surface area contributed by atoms with Crippen LogP contribution in [0.1, 0.15) is 26.3 Å². The van der Waals surface area contributed by atoms with Gasteiger partial charge in [-0.2, -0.15) is 0 Å². The SMILES string of the molecule is CCOC(=O)C(C(C)C)N1CC2C=C(c3ccccc3)C(=O)C2C1. The van der Waals surface area contributed by atoms with Crippen molar-refractivity contribution in [3.63, 3.8) is 0 Å². The van der Waals surface area contributed by atoms with Crippen molar-refractivity contribution in [2.45, 2.75) is 26.8 Å². The highest BCUT2D eigenvalue weighted by Crippen LogP contribution is 2.39. The van der Waals surface area contributed by atoms with Gasteiger partial charge in [0, 0.05) is 30.5 Å². The molecule has 0 spiro atoms. The number of likely N-dealkylation sites (tertiary alicyclic amines) is 1. The minimum atomic E-state index is -0.267. The summed E-state index contributed by atoms with van der Waals surface area (Å²) < 4.78 is 5.24. The number of Topliss-reactive ketones (excluding diaryl/α,β-unsaturated/α-hetero) is 1. The minimum Gasteiger partial charge on any atom is -0.465 e. The van der Waals surface area contributed by atoms with E-state index in [9.17, 15) is 9.59 Å². The standard InChI is InChI=1S/C20H25NO3/c1-4-24-20(23)18(13(2)3)21-11-15-10-16(19(22)17(15)12-21)14-8-6-5-7-9-14/h5-10,13,15,17-18H,4,11-12H2,1-3H3. The zero-order valence-electron chi connectivity index (χ0n) is 14.6. The number of rotatable bonds is 5. The summed E-state index contributed by atoms with van der Waals surface area (Å²) in [5.41, 5.74) is 1.83. The topological polar surface area (TPSA) is 46.6 Å². The zero-order valence-corrected chi connectivity index (χ0v) is 14.6. The molecular formula is C20H25NO3. The molecule has 0 amide bonds. The lowest BCUT2D eigenvalue weighted by Crippen LogP contribution is -2.45. The third kappa shape index (κ3) is 3.03. The van der Waals surface area contributed by atoms with Crippen molar-refractivity contribution in [1.82, 2.24) is 4.90 Å². The van der Waals surface area contributed by atoms with E-state index in [4.69, 9.17) is 4.74 Å². The van der Waals surface area contributed by atoms with Gasteiger partial charge in [0.1, 0.15) is 6.04 Å². The Morgan fingerprint density at radius 3 is 2.54 bits per heavy atom. The van der Waals surface area contributed by atoms with Gasteiger partial charge in [-0.15, -0.1) is 0 Å². The van der Waals surface area contributed by atoms with Gasteiger partial charge in [0.25, 0.3) is 0 Å². The molecule has 1 saturated heterocycles. The molecule has 128 valence electrons. The Bertz CT molecular complexity index is 650. The van der Waals surface area contributed by atoms with Gasteiger partial charge in [-0.3, -0.25) is 14.5 Å². The van der Waals surface area contributed by atoms with Crippen LogP contribution < -0.4 is 0 Å². The molecule has 1 aromatic carbocycles. The van der Waals surface area contributed by atoms with Crippen LogP contribution in [0, 0.1) is 17.8 Å². The lowest BCUT2D eigenvalue weighted by molar-refractivity contribution is -0.151. The number of esters is 1. The van der Waals surface area contributed by atoms with Crippen LogP contribution in [0.15, 0.2) is 36.4 Å². The fourth-order valence-corrected chi connectivity index (χ4v) is 3.96. The largest absolute Gasteiger partial charge is 0.465 e. The van der Waals surface area contributed by atoms with Crippen LogP contribution >= 0.6 is 0 Å². The van der Waals surface area contributed by atoms with Crippen LogP contribution in [-0.2, 0) is 14.3 Å². The Hall–Kier alpha value is -1.94. The molecule has 1 aromatic rings. The molecule has 2 aliphatic rings. The van der Waals surface area contributed by atoms with Crippen molar-refractivity contribution in [3.8, 4) is 0 Å². The highest BCUT2D eigenvalue weighted by Gasteiger charge is 2.46. The zero-order chi connectivity index (χ0) is 17.3. The van der Waals surface area contributed by atoms with Crippen LogP contribution in [0.25, 0.3) is 5.57 Å². The van der Waals surface area contributed by atoms with Gasteiger partial charge in [0.2, 0.25) is 0 Å². The predicted octanol–water partition coefficient (Wildman–Crippen LogP) is 2.79. The van der Waals surface area contributed by atoms with E-state index in [1.54, 1.807) is 0 Å². The van der Waals surface area contributed by atoms with Crippen molar-refractivity contribution < 1.29 is 14.3 Å². The normalized spacial score (nSPS) is 24.8. The van der Waals surface area contributed by atoms with E-state index < -0.39 is 0 Å². The summed E-state index contributed by atoms with van der Waals surface area (Å²) in [7, 11) is 0. The van der Waals surface area contributed by atoms with Gasteiger partial charge in [0.15, 0.2) is 5.78 Å². The highest BCUT2D eigenvalue weighted by molar-refractivity contribution is 6.24. The first kappa shape index (κ1) is 16.9. The summed E-state index contributed by atoms with van der Waals surface area (Å²) in [5, 5.41) is 0. The number of fused-ring (bicyclic) bond motifs is 1. The van der Waals surface area contributed by atoms with Crippen molar-refractivity contribution in [3.05, 3.63) is 42.0 Å². The molecule has 3 atom stereocenters. The maximum absolute atomic E-state index is 12.8. The molecule has 0 saturated carbocycles. The van der Waals surface area contributed by atoms with E-state index in [1.165, 1.54) is 0 Å². The number of benzene rings is 1. The molecule has 1 fully saturated rings. The third-order valence-electron chi connectivity index (χ3n) is 5.01. The quantitative estimate of drug-likeness (QED) is 0.780. The molecule has 3 unspecified atom stereocenters. The van der Waals surface area contributed by atoms with E-state index in [0.717, 1.165) is 17.7 Å². The maximum Gasteiger partial charge on any atom is 0.323 e. The molecule has 0 aromatic heterocycles. The number of carbonyl (C=O) groups is 2. The summed E-state index contributed by atoms with van der Waals surface area (Å²) in [5.74, 6) is 0.363. The molecule has 0 radical (unpaired) electrons. The summed E-state index contributed by atoms with van der Waals surface area (Å²) in [4.78, 5) is 27.2. The van der Waals surface area contributed by atoms with Gasteiger partial charge in [-0.1, -0.05) is 50.3 Å². The molecule has 24 heavy (non-hydrogen) atoms. The number of hydrogen-bond acceptors (Lipinski definition) is 4. The Kier molecular flexibility index (Phi) is 4.86. The number of ketones is 1. The van der Waals surface area contributed by atoms with Crippen LogP contribution in [0.4, 0.5) is 0 Å². The van der Waals surface area contributed by atoms with E-state index >= 15 is 0 Å². The lowest BCUT2D eigenvalue weighted by Gasteiger charge is -2.29. The van der Waals surface area contributed by atoms with Crippen molar-refractivity contribution in [2.75, 3.05) is 19.7 Å². The smallest absolute Gasteiger partial charge is 0.323 e. The van der Waals surface area contributed by atoms with Crippen molar-refractivity contribution in [2.24, 2.45) is 17.8 Å². The Morgan fingerprint density at radius 2 is 1.96 bits per heavy atom. The molecule has 1 heterocycles. The number of carbonyl (C=O) groups excluding carboxylic acids is 2. The van der Waals surface area contributed by atoms with Crippen LogP contribution in [0.5, 0.6) is 0 Å². The van der Waals surface area contributed by atoms with E-state index in [1.807, 2.05) is 51.1 Å². The first-order chi connectivity index (χ1) is 11.5. The second-order valence-electron chi connectivity index (χ2n) is 6.98. The molecule has 1 aliphatic carbocycles. The lowest BCUT2D eigenvalue weighted by atomic mass is 9.97. The number of nitrogens with zero attached hydrogens (tertiary/aromatic N) is 1. The fourth-order valence-electron chi connectivity index (χ4n) is 3.96. The Morgan fingerprint density at radius 1 is 1.25 bits per heavy atom. The molecule has 3 rings (SSSR count). The molecular weight excluding hydrogens is 302 g/mol. The van der Waals surface area contributed by atoms with E-state index in [0.29, 0.717) is 13.2 Å². The first-order valence-corrected chi connectivity index (χ1v) is 8.75. The summed E-state index contributed by atoms with van der Waals surface area (Å²) in [6.45, 7) is 7.66. The van der Waals surface area contributed by atoms with Gasteiger partial charge in [-0.25, -0.2) is 0 Å². The average Bonchev–Trinajstić information content (AvgIpc) is 3.08. The summed E-state index contributed by atoms with van der Waals surface area (Å²) in [6.07, 6.45) is 2.10. The van der Waals surface area contributed by atoms with Gasteiger partial charge < -0.3 is 4.74 Å². The molecule has 4 heteroatoms. The number of allylic oxidation sites excluding steroid dienone is 1. The number of ether oxygens (including phenoxy) is 1. The predicted molar refractivity (Wildman–Crippen MR) is 93.2 cm³/mol. The van der Waals surface area contributed by atoms with Gasteiger partial charge in [-0.05, 0) is 18.4 Å². The minimum absolute atomic E-state index is 0.0316. The van der Waals surface area contributed by atoms with Crippen molar-refractivity contribution in [1.29, 1.82) is 0 Å². The fraction of sp³-hybridized carbons (Fsp3) is 0.500. The van der Waals surface area contributed by atoms with E-state index in [-0.39, 0.29) is 35.5 Å². The maximum atomic E-state index is 12.8. The Balaban J connectivity index is 1.78. The highest BCUT2D eigenvalue weighted by atomic mass is 16.5. The monoisotopic (exact) mass is 327 g/mol. The molecule has 4 nitrogen and oxygen atoms in total. The van der Waals surface area contributed by atoms with Gasteiger partial charge in [0.05, 0.1) is 6.61 Å². The average molecular weight is 327 g/mol.